The van der Waals surface area contributed by atoms with E-state index >= 15 is 0 Å². The first kappa shape index (κ1) is 40.6. The minimum absolute atomic E-state index is 0.101. The van der Waals surface area contributed by atoms with Crippen LogP contribution in [0.1, 0.15) is 64.3 Å². The second-order valence-corrected chi connectivity index (χ2v) is 16.3. The Labute approximate surface area is 370 Å². The molecule has 1 aliphatic carbocycles. The Hall–Kier alpha value is -6.14. The van der Waals surface area contributed by atoms with Gasteiger partial charge in [0.15, 0.2) is 0 Å². The third-order valence-corrected chi connectivity index (χ3v) is 12.6. The number of aryl methyl sites for hydroxylation is 2. The Bertz CT molecular complexity index is 2750. The van der Waals surface area contributed by atoms with Crippen molar-refractivity contribution in [2.45, 2.75) is 32.6 Å². The van der Waals surface area contributed by atoms with Gasteiger partial charge in [0.1, 0.15) is 0 Å². The van der Waals surface area contributed by atoms with Crippen molar-refractivity contribution in [2.24, 2.45) is 0 Å². The van der Waals surface area contributed by atoms with E-state index in [2.05, 4.69) is 244 Å². The quantitative estimate of drug-likeness (QED) is 0.134. The molecule has 0 aliphatic heterocycles. The second kappa shape index (κ2) is 19.7. The summed E-state index contributed by atoms with van der Waals surface area (Å²) >= 11 is 1.46. The van der Waals surface area contributed by atoms with Gasteiger partial charge in [0.05, 0.1) is 0 Å². The zero-order valence-corrected chi connectivity index (χ0v) is 36.8. The van der Waals surface area contributed by atoms with E-state index in [0.29, 0.717) is 0 Å². The zero-order valence-electron chi connectivity index (χ0n) is 34.4. The van der Waals surface area contributed by atoms with E-state index < -0.39 is 0 Å². The molecule has 0 radical (unpaired) electrons. The van der Waals surface area contributed by atoms with E-state index in [-0.39, 0.29) is 5.92 Å². The van der Waals surface area contributed by atoms with Crippen molar-refractivity contribution in [1.82, 2.24) is 0 Å². The second-order valence-electron chi connectivity index (χ2n) is 15.1. The summed E-state index contributed by atoms with van der Waals surface area (Å²) in [6.45, 7) is 4.41. The molecule has 0 spiro atoms. The van der Waals surface area contributed by atoms with Crippen molar-refractivity contribution in [2.75, 3.05) is 0 Å². The monoisotopic (exact) mass is 846 g/mol. The minimum atomic E-state index is 0.101. The van der Waals surface area contributed by atoms with Crippen LogP contribution in [0.5, 0.6) is 0 Å². The van der Waals surface area contributed by atoms with Gasteiger partial charge in [0.2, 0.25) is 0 Å². The van der Waals surface area contributed by atoms with Crippen molar-refractivity contribution in [3.8, 4) is 0 Å². The molecule has 288 valence electrons. The standard InChI is InChI=1S/C29H21.C17H17.C13H10.Zr/c1-5-13-22(14-6-1)26-21-27(23-15-7-2-8-16-23)29(25-19-11-4-12-20-25)28(26)24-17-9-3-10-18-24;1-3-12-5-7-16-14(9-12)11-15-10-13(4-2)6-8-17(15)16;1-3-7-12(8-4-1)11-13-9-5-2-6-10-13;/h1-20,26H;5-11H,3-4H2,1-2H3;1-10H;/q2*-1;;+2. The molecule has 1 unspecified atom stereocenters. The molecule has 10 rings (SSSR count). The van der Waals surface area contributed by atoms with E-state index in [9.17, 15) is 0 Å². The first-order valence-corrected chi connectivity index (χ1v) is 22.2. The van der Waals surface area contributed by atoms with Crippen LogP contribution in [0.15, 0.2) is 224 Å². The summed E-state index contributed by atoms with van der Waals surface area (Å²) in [5, 5.41) is 5.54. The molecule has 0 fully saturated rings. The van der Waals surface area contributed by atoms with Crippen LogP contribution < -0.4 is 0 Å². The number of benzene rings is 8. The molecule has 9 aromatic carbocycles. The Morgan fingerprint density at radius 3 is 1.32 bits per heavy atom. The van der Waals surface area contributed by atoms with Gasteiger partial charge in [-0.3, -0.25) is 0 Å². The fraction of sp³-hybridized carbons (Fsp3) is 0.0847. The summed E-state index contributed by atoms with van der Waals surface area (Å²) in [6.07, 6.45) is 6.08. The fourth-order valence-electron chi connectivity index (χ4n) is 8.07. The normalized spacial score (nSPS) is 13.3. The van der Waals surface area contributed by atoms with Crippen LogP contribution >= 0.6 is 0 Å². The molecule has 0 bridgehead atoms. The van der Waals surface area contributed by atoms with Crippen molar-refractivity contribution in [3.05, 3.63) is 275 Å². The predicted molar refractivity (Wildman–Crippen MR) is 254 cm³/mol. The molecule has 0 heterocycles. The van der Waals surface area contributed by atoms with E-state index in [4.69, 9.17) is 0 Å². The summed E-state index contributed by atoms with van der Waals surface area (Å²) in [7, 11) is 0. The maximum atomic E-state index is 3.86. The number of rotatable bonds is 8. The molecule has 1 aliphatic rings. The van der Waals surface area contributed by atoms with Crippen LogP contribution in [0.4, 0.5) is 0 Å². The molecular weight excluding hydrogens is 800 g/mol. The third-order valence-electron chi connectivity index (χ3n) is 11.2. The molecule has 0 amide bonds. The summed E-state index contributed by atoms with van der Waals surface area (Å²) in [6, 6.07) is 79.9. The first-order chi connectivity index (χ1) is 29.6. The average molecular weight is 848 g/mol. The average Bonchev–Trinajstić information content (AvgIpc) is 3.92. The zero-order chi connectivity index (χ0) is 41.1. The number of fused-ring (bicyclic) bond motifs is 3. The third kappa shape index (κ3) is 9.34. The van der Waals surface area contributed by atoms with Crippen LogP contribution in [0.25, 0.3) is 38.3 Å². The Morgan fingerprint density at radius 1 is 0.467 bits per heavy atom. The molecule has 1 heteroatoms. The molecule has 0 saturated heterocycles. The van der Waals surface area contributed by atoms with E-state index in [1.807, 2.05) is 0 Å². The topological polar surface area (TPSA) is 0 Å². The molecule has 0 aromatic heterocycles. The van der Waals surface area contributed by atoms with Crippen LogP contribution in [-0.2, 0) is 37.1 Å². The van der Waals surface area contributed by atoms with Crippen LogP contribution in [0, 0.1) is 6.08 Å². The van der Waals surface area contributed by atoms with Crippen LogP contribution in [-0.4, -0.2) is 3.21 Å². The van der Waals surface area contributed by atoms with Gasteiger partial charge >= 0.3 is 99.2 Å². The van der Waals surface area contributed by atoms with Crippen LogP contribution in [0.2, 0.25) is 0 Å². The summed E-state index contributed by atoms with van der Waals surface area (Å²) in [4.78, 5) is 0. The molecular formula is C59H48Zr. The summed E-state index contributed by atoms with van der Waals surface area (Å²) in [5.41, 5.74) is 14.2. The van der Waals surface area contributed by atoms with Crippen molar-refractivity contribution >= 4 is 41.5 Å². The maximum absolute atomic E-state index is 3.86. The summed E-state index contributed by atoms with van der Waals surface area (Å²) in [5.74, 6) is 0.101. The van der Waals surface area contributed by atoms with E-state index in [1.54, 1.807) is 0 Å². The van der Waals surface area contributed by atoms with Gasteiger partial charge in [0, 0.05) is 0 Å². The van der Waals surface area contributed by atoms with Crippen molar-refractivity contribution in [3.63, 3.8) is 0 Å². The molecule has 0 saturated carbocycles. The summed E-state index contributed by atoms with van der Waals surface area (Å²) < 4.78 is 1.42. The van der Waals surface area contributed by atoms with Gasteiger partial charge < -0.3 is 0 Å². The number of allylic oxidation sites excluding steroid dienone is 4. The molecule has 60 heavy (non-hydrogen) atoms. The molecule has 1 atom stereocenters. The molecule has 0 nitrogen and oxygen atoms in total. The van der Waals surface area contributed by atoms with Gasteiger partial charge in [0.25, 0.3) is 0 Å². The molecule has 0 N–H and O–H groups in total. The fourth-order valence-corrected chi connectivity index (χ4v) is 8.89. The van der Waals surface area contributed by atoms with E-state index in [0.717, 1.165) is 12.8 Å². The number of hydrogen-bond donors (Lipinski definition) is 0. The predicted octanol–water partition coefficient (Wildman–Crippen LogP) is 14.9. The Balaban J connectivity index is 0.000000136. The van der Waals surface area contributed by atoms with Gasteiger partial charge in [-0.1, -0.05) is 170 Å². The van der Waals surface area contributed by atoms with Crippen molar-refractivity contribution in [1.29, 1.82) is 0 Å². The first-order valence-electron chi connectivity index (χ1n) is 21.0. The van der Waals surface area contributed by atoms with Crippen LogP contribution in [0.3, 0.4) is 0 Å². The SMILES string of the molecule is CCc1ccc2c(c1)[cH-]c1cc(CC)ccc12.[C-]1=C(c2ccccc2)C(c2ccccc2)=C(c2ccccc2)C1c1ccccc1.[Zr+2]=[C](c1ccccc1)c1ccccc1. The Kier molecular flexibility index (Phi) is 13.4. The van der Waals surface area contributed by atoms with Gasteiger partial charge in [-0.15, -0.1) is 63.0 Å². The van der Waals surface area contributed by atoms with E-state index in [1.165, 1.54) is 110 Å². The number of hydrogen-bond acceptors (Lipinski definition) is 0. The van der Waals surface area contributed by atoms with Gasteiger partial charge in [-0.05, 0) is 29.9 Å². The van der Waals surface area contributed by atoms with Gasteiger partial charge in [-0.25, -0.2) is 0 Å². The van der Waals surface area contributed by atoms with Gasteiger partial charge in [-0.2, -0.15) is 11.6 Å². The van der Waals surface area contributed by atoms with Crippen molar-refractivity contribution < 1.29 is 24.2 Å². The molecule has 9 aromatic rings. The Morgan fingerprint density at radius 2 is 0.867 bits per heavy atom.